The van der Waals surface area contributed by atoms with Gasteiger partial charge in [0.15, 0.2) is 0 Å². The van der Waals surface area contributed by atoms with Gasteiger partial charge in [-0.3, -0.25) is 0 Å². The third-order valence-electron chi connectivity index (χ3n) is 4.55. The largest absolute Gasteiger partial charge is 0.489 e. The van der Waals surface area contributed by atoms with Crippen LogP contribution in [-0.2, 0) is 24.4 Å². The summed E-state index contributed by atoms with van der Waals surface area (Å²) >= 11 is 0. The lowest BCUT2D eigenvalue weighted by Gasteiger charge is -2.10. The number of ether oxygens (including phenoxy) is 2. The van der Waals surface area contributed by atoms with E-state index in [1.807, 2.05) is 25.1 Å². The zero-order valence-electron chi connectivity index (χ0n) is 16.3. The van der Waals surface area contributed by atoms with Crippen molar-refractivity contribution >= 4 is 10.8 Å². The smallest absolute Gasteiger partial charge is 0.343 e. The van der Waals surface area contributed by atoms with Crippen molar-refractivity contribution in [1.29, 1.82) is 0 Å². The minimum Gasteiger partial charge on any atom is -0.489 e. The van der Waals surface area contributed by atoms with Gasteiger partial charge in [0.05, 0.1) is 12.0 Å². The Kier molecular flexibility index (Phi) is 6.82. The highest BCUT2D eigenvalue weighted by Crippen LogP contribution is 2.22. The van der Waals surface area contributed by atoms with E-state index in [2.05, 4.69) is 6.92 Å². The number of hydrogen-bond acceptors (Lipinski definition) is 4. The molecule has 0 amide bonds. The van der Waals surface area contributed by atoms with E-state index in [0.29, 0.717) is 35.7 Å². The number of fused-ring (bicyclic) bond motifs is 1. The van der Waals surface area contributed by atoms with Crippen LogP contribution in [0.4, 0.5) is 4.39 Å². The van der Waals surface area contributed by atoms with Crippen molar-refractivity contribution in [2.45, 2.75) is 46.3 Å². The van der Waals surface area contributed by atoms with Gasteiger partial charge in [0.2, 0.25) is 0 Å². The summed E-state index contributed by atoms with van der Waals surface area (Å²) in [6.07, 6.45) is 2.76. The van der Waals surface area contributed by atoms with Crippen molar-refractivity contribution in [3.8, 4) is 5.75 Å². The average molecular weight is 384 g/mol. The van der Waals surface area contributed by atoms with Crippen LogP contribution in [0.15, 0.2) is 51.7 Å². The van der Waals surface area contributed by atoms with Crippen molar-refractivity contribution in [2.24, 2.45) is 0 Å². The number of benzene rings is 2. The van der Waals surface area contributed by atoms with Gasteiger partial charge in [-0.1, -0.05) is 31.5 Å². The summed E-state index contributed by atoms with van der Waals surface area (Å²) in [7, 11) is 0. The summed E-state index contributed by atoms with van der Waals surface area (Å²) < 4.78 is 30.6. The molecule has 148 valence electrons. The minimum absolute atomic E-state index is 0.0756. The van der Waals surface area contributed by atoms with Gasteiger partial charge in [0.25, 0.3) is 0 Å². The fourth-order valence-corrected chi connectivity index (χ4v) is 2.96. The van der Waals surface area contributed by atoms with Crippen LogP contribution < -0.4 is 10.4 Å². The standard InChI is InChI=1S/C23H25FO4/c1-3-5-6-20-12-17-9-10-19(13-21(17)23(25)28-20)27-15-18-8-7-16(11-22(18)24)14-26-4-2/h7-13H,3-6,14-15H2,1-2H3. The van der Waals surface area contributed by atoms with E-state index in [-0.39, 0.29) is 18.0 Å². The molecule has 28 heavy (non-hydrogen) atoms. The predicted octanol–water partition coefficient (Wildman–Crippen LogP) is 5.39. The van der Waals surface area contributed by atoms with Gasteiger partial charge < -0.3 is 13.9 Å². The molecular formula is C23H25FO4. The van der Waals surface area contributed by atoms with Gasteiger partial charge in [-0.2, -0.15) is 0 Å². The maximum absolute atomic E-state index is 14.2. The fourth-order valence-electron chi connectivity index (χ4n) is 2.96. The topological polar surface area (TPSA) is 48.7 Å². The van der Waals surface area contributed by atoms with Crippen LogP contribution in [0.2, 0.25) is 0 Å². The van der Waals surface area contributed by atoms with E-state index in [1.54, 1.807) is 18.2 Å². The predicted molar refractivity (Wildman–Crippen MR) is 107 cm³/mol. The maximum atomic E-state index is 14.2. The highest BCUT2D eigenvalue weighted by atomic mass is 19.1. The Labute approximate surface area is 163 Å². The first-order valence-electron chi connectivity index (χ1n) is 9.65. The zero-order chi connectivity index (χ0) is 19.9. The molecule has 0 saturated heterocycles. The minimum atomic E-state index is -0.375. The van der Waals surface area contributed by atoms with Crippen LogP contribution in [-0.4, -0.2) is 6.61 Å². The van der Waals surface area contributed by atoms with Crippen molar-refractivity contribution in [2.75, 3.05) is 6.61 Å². The van der Waals surface area contributed by atoms with Gasteiger partial charge in [-0.25, -0.2) is 9.18 Å². The molecule has 1 heterocycles. The quantitative estimate of drug-likeness (QED) is 0.496. The van der Waals surface area contributed by atoms with Crippen LogP contribution in [0.5, 0.6) is 5.75 Å². The Morgan fingerprint density at radius 1 is 1.04 bits per heavy atom. The molecule has 0 N–H and O–H groups in total. The van der Waals surface area contributed by atoms with E-state index in [1.165, 1.54) is 6.07 Å². The maximum Gasteiger partial charge on any atom is 0.343 e. The summed E-state index contributed by atoms with van der Waals surface area (Å²) in [6, 6.07) is 12.1. The monoisotopic (exact) mass is 384 g/mol. The first kappa shape index (κ1) is 20.1. The number of halogens is 1. The Balaban J connectivity index is 1.72. The lowest BCUT2D eigenvalue weighted by atomic mass is 10.1. The molecule has 0 aliphatic rings. The van der Waals surface area contributed by atoms with Gasteiger partial charge in [0, 0.05) is 18.6 Å². The fraction of sp³-hybridized carbons (Fsp3) is 0.348. The highest BCUT2D eigenvalue weighted by Gasteiger charge is 2.08. The van der Waals surface area contributed by atoms with E-state index in [4.69, 9.17) is 13.9 Å². The Bertz CT molecular complexity index is 994. The number of rotatable bonds is 9. The molecule has 0 bridgehead atoms. The van der Waals surface area contributed by atoms with Gasteiger partial charge >= 0.3 is 5.63 Å². The van der Waals surface area contributed by atoms with Crippen molar-refractivity contribution in [1.82, 2.24) is 0 Å². The SMILES string of the molecule is CCCCc1cc2ccc(OCc3ccc(COCC)cc3F)cc2c(=O)o1. The number of aryl methyl sites for hydroxylation is 1. The normalized spacial score (nSPS) is 11.1. The summed E-state index contributed by atoms with van der Waals surface area (Å²) in [5.41, 5.74) is 0.855. The Morgan fingerprint density at radius 3 is 2.64 bits per heavy atom. The molecule has 0 saturated carbocycles. The van der Waals surface area contributed by atoms with Crippen LogP contribution in [0.25, 0.3) is 10.8 Å². The molecule has 3 rings (SSSR count). The molecule has 0 atom stereocenters. The first-order valence-corrected chi connectivity index (χ1v) is 9.65. The van der Waals surface area contributed by atoms with Gasteiger partial charge in [-0.05, 0) is 48.6 Å². The second-order valence-electron chi connectivity index (χ2n) is 6.70. The molecule has 0 radical (unpaired) electrons. The summed E-state index contributed by atoms with van der Waals surface area (Å²) in [6.45, 7) is 5.04. The van der Waals surface area contributed by atoms with Gasteiger partial charge in [-0.15, -0.1) is 0 Å². The van der Waals surface area contributed by atoms with E-state index in [0.717, 1.165) is 30.2 Å². The van der Waals surface area contributed by atoms with Crippen molar-refractivity contribution in [3.63, 3.8) is 0 Å². The molecule has 5 heteroatoms. The highest BCUT2D eigenvalue weighted by molar-refractivity contribution is 5.82. The van der Waals surface area contributed by atoms with Crippen molar-refractivity contribution in [3.05, 3.63) is 75.6 Å². The van der Waals surface area contributed by atoms with Crippen LogP contribution in [0.3, 0.4) is 0 Å². The second-order valence-corrected chi connectivity index (χ2v) is 6.70. The Hall–Kier alpha value is -2.66. The zero-order valence-corrected chi connectivity index (χ0v) is 16.3. The summed E-state index contributed by atoms with van der Waals surface area (Å²) in [4.78, 5) is 12.3. The van der Waals surface area contributed by atoms with Crippen LogP contribution in [0, 0.1) is 5.82 Å². The molecule has 1 aromatic heterocycles. The Morgan fingerprint density at radius 2 is 1.89 bits per heavy atom. The van der Waals surface area contributed by atoms with Gasteiger partial charge in [0.1, 0.15) is 23.9 Å². The van der Waals surface area contributed by atoms with Crippen LogP contribution in [0.1, 0.15) is 43.6 Å². The third-order valence-corrected chi connectivity index (χ3v) is 4.55. The number of unbranched alkanes of at least 4 members (excludes halogenated alkanes) is 1. The molecule has 2 aromatic carbocycles. The molecular weight excluding hydrogens is 359 g/mol. The third kappa shape index (κ3) is 4.98. The average Bonchev–Trinajstić information content (AvgIpc) is 2.70. The summed E-state index contributed by atoms with van der Waals surface area (Å²) in [5, 5.41) is 1.28. The molecule has 0 fully saturated rings. The van der Waals surface area contributed by atoms with Crippen LogP contribution >= 0.6 is 0 Å². The van der Waals surface area contributed by atoms with E-state index >= 15 is 0 Å². The molecule has 3 aromatic rings. The molecule has 0 unspecified atom stereocenters. The lowest BCUT2D eigenvalue weighted by Crippen LogP contribution is -2.04. The first-order chi connectivity index (χ1) is 13.6. The second kappa shape index (κ2) is 9.51. The molecule has 4 nitrogen and oxygen atoms in total. The van der Waals surface area contributed by atoms with E-state index < -0.39 is 0 Å². The lowest BCUT2D eigenvalue weighted by molar-refractivity contribution is 0.134. The summed E-state index contributed by atoms with van der Waals surface area (Å²) in [5.74, 6) is 0.860. The number of hydrogen-bond donors (Lipinski definition) is 0. The van der Waals surface area contributed by atoms with E-state index in [9.17, 15) is 9.18 Å². The molecule has 0 aliphatic heterocycles. The van der Waals surface area contributed by atoms with Crippen molar-refractivity contribution < 1.29 is 18.3 Å². The molecule has 0 spiro atoms. The molecule has 0 aliphatic carbocycles.